The molecule has 4 aliphatic rings. The molecule has 0 saturated carbocycles. The number of carbonyl (C=O) groups is 1. The average Bonchev–Trinajstić information content (AvgIpc) is 3.69. The highest BCUT2D eigenvalue weighted by atomic mass is 32.1. The molecular weight excluding hydrogens is 556 g/mol. The predicted octanol–water partition coefficient (Wildman–Crippen LogP) is 5.32. The van der Waals surface area contributed by atoms with Crippen molar-refractivity contribution >= 4 is 28.7 Å². The number of amides is 1. The first-order valence-electron chi connectivity index (χ1n) is 15.4. The fourth-order valence-corrected chi connectivity index (χ4v) is 8.03. The van der Waals surface area contributed by atoms with Gasteiger partial charge < -0.3 is 15.1 Å². The van der Waals surface area contributed by atoms with E-state index in [0.29, 0.717) is 43.0 Å². The van der Waals surface area contributed by atoms with E-state index >= 15 is 0 Å². The van der Waals surface area contributed by atoms with Crippen molar-refractivity contribution in [2.45, 2.75) is 76.9 Å². The quantitative estimate of drug-likeness (QED) is 0.431. The summed E-state index contributed by atoms with van der Waals surface area (Å²) in [7, 11) is 0. The minimum Gasteiger partial charge on any atom is -0.338 e. The van der Waals surface area contributed by atoms with Gasteiger partial charge in [-0.15, -0.1) is 11.3 Å². The van der Waals surface area contributed by atoms with E-state index in [4.69, 9.17) is 5.10 Å². The average molecular weight is 596 g/mol. The molecule has 2 saturated heterocycles. The summed E-state index contributed by atoms with van der Waals surface area (Å²) in [5.74, 6) is 0.887. The number of aromatic nitrogens is 3. The minimum atomic E-state index is -2.61. The van der Waals surface area contributed by atoms with Crippen LogP contribution in [0.4, 0.5) is 20.3 Å². The van der Waals surface area contributed by atoms with Crippen molar-refractivity contribution in [2.75, 3.05) is 44.2 Å². The van der Waals surface area contributed by atoms with Crippen LogP contribution in [-0.2, 0) is 24.2 Å². The lowest BCUT2D eigenvalue weighted by atomic mass is 9.94. The van der Waals surface area contributed by atoms with Crippen LogP contribution in [0.3, 0.4) is 0 Å². The lowest BCUT2D eigenvalue weighted by molar-refractivity contribution is -0.129. The Bertz CT molecular complexity index is 1430. The van der Waals surface area contributed by atoms with Gasteiger partial charge in [0.05, 0.1) is 23.8 Å². The number of rotatable bonds is 5. The number of thiazole rings is 1. The largest absolute Gasteiger partial charge is 0.338 e. The minimum absolute atomic E-state index is 0.00906. The molecule has 4 aliphatic heterocycles. The van der Waals surface area contributed by atoms with Gasteiger partial charge in [-0.05, 0) is 62.8 Å². The second kappa shape index (κ2) is 11.7. The van der Waals surface area contributed by atoms with E-state index in [1.165, 1.54) is 29.9 Å². The van der Waals surface area contributed by atoms with Gasteiger partial charge in [0.15, 0.2) is 5.82 Å². The van der Waals surface area contributed by atoms with Gasteiger partial charge in [0.1, 0.15) is 0 Å². The van der Waals surface area contributed by atoms with Crippen molar-refractivity contribution in [3.8, 4) is 11.3 Å². The van der Waals surface area contributed by atoms with E-state index in [1.807, 2.05) is 16.3 Å². The third-order valence-corrected chi connectivity index (χ3v) is 10.3. The van der Waals surface area contributed by atoms with Crippen LogP contribution in [-0.4, -0.2) is 75.8 Å². The van der Waals surface area contributed by atoms with Gasteiger partial charge in [-0.3, -0.25) is 14.4 Å². The van der Waals surface area contributed by atoms with E-state index in [2.05, 4.69) is 24.8 Å². The molecule has 1 amide bonds. The van der Waals surface area contributed by atoms with Crippen LogP contribution < -0.4 is 10.2 Å². The molecule has 2 aromatic heterocycles. The van der Waals surface area contributed by atoms with E-state index < -0.39 is 6.43 Å². The Hall–Kier alpha value is -2.89. The highest BCUT2D eigenvalue weighted by molar-refractivity contribution is 7.07. The summed E-state index contributed by atoms with van der Waals surface area (Å²) >= 11 is 1.41. The Labute approximate surface area is 249 Å². The standard InChI is InChI=1S/C31H39F2N7OS/c1-20(41)38-13-8-28-26(17-38)31(36-40(28)22-6-11-37(12-7-22)23-5-2-9-34-16-23)39-10-3-4-21-14-24(27-18-42-19-35-27)25(30(32)33)15-29(21)39/h14-15,18-19,22-23,30,34H,2-13,16-17H2,1H3/t23-/m0/s1. The zero-order valence-electron chi connectivity index (χ0n) is 24.2. The highest BCUT2D eigenvalue weighted by Gasteiger charge is 2.35. The number of benzene rings is 1. The maximum absolute atomic E-state index is 14.4. The van der Waals surface area contributed by atoms with Crippen molar-refractivity contribution in [3.05, 3.63) is 45.4 Å². The second-order valence-electron chi connectivity index (χ2n) is 12.1. The first-order chi connectivity index (χ1) is 20.5. The molecule has 0 aliphatic carbocycles. The summed E-state index contributed by atoms with van der Waals surface area (Å²) in [5, 5.41) is 10.7. The van der Waals surface area contributed by atoms with Crippen LogP contribution in [0, 0.1) is 0 Å². The monoisotopic (exact) mass is 595 g/mol. The number of likely N-dealkylation sites (tertiary alicyclic amines) is 1. The van der Waals surface area contributed by atoms with Crippen LogP contribution in [0.2, 0.25) is 0 Å². The summed E-state index contributed by atoms with van der Waals surface area (Å²) in [5.41, 5.74) is 6.95. The third kappa shape index (κ3) is 5.13. The number of hydrogen-bond acceptors (Lipinski definition) is 7. The lowest BCUT2D eigenvalue weighted by Gasteiger charge is -2.40. The molecule has 2 fully saturated rings. The molecule has 0 spiro atoms. The zero-order valence-corrected chi connectivity index (χ0v) is 25.0. The Morgan fingerprint density at radius 1 is 1.07 bits per heavy atom. The number of halogens is 2. The van der Waals surface area contributed by atoms with Gasteiger partial charge in [-0.25, -0.2) is 13.8 Å². The number of piperidine rings is 2. The van der Waals surface area contributed by atoms with E-state index in [9.17, 15) is 13.6 Å². The Morgan fingerprint density at radius 2 is 1.93 bits per heavy atom. The number of carbonyl (C=O) groups excluding carboxylic acids is 1. The molecular formula is C31H39F2N7OS. The molecule has 11 heteroatoms. The number of nitrogens with one attached hydrogen (secondary N) is 1. The van der Waals surface area contributed by atoms with Crippen molar-refractivity contribution in [3.63, 3.8) is 0 Å². The topological polar surface area (TPSA) is 69.5 Å². The first kappa shape index (κ1) is 27.9. The molecule has 0 unspecified atom stereocenters. The Balaban J connectivity index is 1.24. The lowest BCUT2D eigenvalue weighted by Crippen LogP contribution is -2.49. The second-order valence-corrected chi connectivity index (χ2v) is 12.9. The van der Waals surface area contributed by atoms with Gasteiger partial charge in [-0.2, -0.15) is 5.10 Å². The zero-order chi connectivity index (χ0) is 28.8. The SMILES string of the molecule is CC(=O)N1CCc2c(c(N3CCCc4cc(-c5cscn5)c(C(F)F)cc43)nn2C2CCN([C@H]3CCCNC3)CC2)C1. The van der Waals surface area contributed by atoms with Crippen molar-refractivity contribution in [1.82, 2.24) is 29.9 Å². The van der Waals surface area contributed by atoms with Gasteiger partial charge >= 0.3 is 0 Å². The number of hydrogen-bond donors (Lipinski definition) is 1. The number of fused-ring (bicyclic) bond motifs is 2. The maximum atomic E-state index is 14.4. The van der Waals surface area contributed by atoms with Crippen LogP contribution in [0.15, 0.2) is 23.0 Å². The molecule has 0 bridgehead atoms. The Kier molecular flexibility index (Phi) is 7.74. The molecule has 1 N–H and O–H groups in total. The van der Waals surface area contributed by atoms with E-state index in [-0.39, 0.29) is 11.5 Å². The maximum Gasteiger partial charge on any atom is 0.264 e. The summed E-state index contributed by atoms with van der Waals surface area (Å²) in [6.07, 6.45) is 4.47. The normalized spacial score (nSPS) is 22.0. The van der Waals surface area contributed by atoms with E-state index in [0.717, 1.165) is 80.9 Å². The van der Waals surface area contributed by atoms with Crippen molar-refractivity contribution in [2.24, 2.45) is 0 Å². The summed E-state index contributed by atoms with van der Waals surface area (Å²) in [4.78, 5) is 23.5. The molecule has 224 valence electrons. The van der Waals surface area contributed by atoms with Crippen LogP contribution in [0.25, 0.3) is 11.3 Å². The highest BCUT2D eigenvalue weighted by Crippen LogP contribution is 2.43. The van der Waals surface area contributed by atoms with Gasteiger partial charge in [0, 0.05) is 85.6 Å². The third-order valence-electron chi connectivity index (χ3n) is 9.71. The van der Waals surface area contributed by atoms with Gasteiger partial charge in [0.2, 0.25) is 5.91 Å². The Morgan fingerprint density at radius 3 is 2.64 bits per heavy atom. The molecule has 0 radical (unpaired) electrons. The molecule has 8 nitrogen and oxygen atoms in total. The van der Waals surface area contributed by atoms with Gasteiger partial charge in [0.25, 0.3) is 6.43 Å². The first-order valence-corrected chi connectivity index (χ1v) is 16.3. The number of anilines is 2. The van der Waals surface area contributed by atoms with E-state index in [1.54, 1.807) is 18.5 Å². The molecule has 6 heterocycles. The number of nitrogens with zero attached hydrogens (tertiary/aromatic N) is 6. The van der Waals surface area contributed by atoms with Crippen LogP contribution in [0.5, 0.6) is 0 Å². The van der Waals surface area contributed by atoms with Crippen molar-refractivity contribution in [1.29, 1.82) is 0 Å². The number of alkyl halides is 2. The van der Waals surface area contributed by atoms with Crippen LogP contribution in [0.1, 0.15) is 73.9 Å². The van der Waals surface area contributed by atoms with Crippen LogP contribution >= 0.6 is 11.3 Å². The fraction of sp³-hybridized carbons (Fsp3) is 0.581. The molecule has 1 aromatic carbocycles. The van der Waals surface area contributed by atoms with Crippen molar-refractivity contribution < 1.29 is 13.6 Å². The summed E-state index contributed by atoms with van der Waals surface area (Å²) in [6, 6.07) is 4.51. The summed E-state index contributed by atoms with van der Waals surface area (Å²) < 4.78 is 31.1. The molecule has 1 atom stereocenters. The smallest absolute Gasteiger partial charge is 0.264 e. The molecule has 3 aromatic rings. The molecule has 7 rings (SSSR count). The number of aryl methyl sites for hydroxylation is 1. The molecule has 42 heavy (non-hydrogen) atoms. The predicted molar refractivity (Wildman–Crippen MR) is 161 cm³/mol. The fourth-order valence-electron chi connectivity index (χ4n) is 7.47. The van der Waals surface area contributed by atoms with Gasteiger partial charge in [-0.1, -0.05) is 0 Å². The summed E-state index contributed by atoms with van der Waals surface area (Å²) in [6.45, 7) is 7.84.